The quantitative estimate of drug-likeness (QED) is 0.868. The third-order valence-electron chi connectivity index (χ3n) is 3.39. The molecule has 22 heavy (non-hydrogen) atoms. The van der Waals surface area contributed by atoms with Crippen molar-refractivity contribution in [3.05, 3.63) is 63.6 Å². The van der Waals surface area contributed by atoms with Crippen molar-refractivity contribution in [1.29, 1.82) is 0 Å². The van der Waals surface area contributed by atoms with Gasteiger partial charge in [0.05, 0.1) is 12.2 Å². The van der Waals surface area contributed by atoms with E-state index in [1.54, 1.807) is 0 Å². The molecule has 0 radical (unpaired) electrons. The van der Waals surface area contributed by atoms with E-state index in [9.17, 15) is 4.79 Å². The molecule has 0 unspecified atom stereocenters. The van der Waals surface area contributed by atoms with Gasteiger partial charge in [0.25, 0.3) is 0 Å². The fraction of sp³-hybridized carbons (Fsp3) is 0.278. The molecule has 0 spiro atoms. The van der Waals surface area contributed by atoms with Crippen LogP contribution in [0, 0.1) is 13.8 Å². The summed E-state index contributed by atoms with van der Waals surface area (Å²) < 4.78 is 0.905. The number of benzene rings is 2. The van der Waals surface area contributed by atoms with Crippen LogP contribution in [0.4, 0.5) is 5.69 Å². The van der Waals surface area contributed by atoms with Crippen molar-refractivity contribution < 1.29 is 4.79 Å². The van der Waals surface area contributed by atoms with Crippen molar-refractivity contribution in [2.45, 2.75) is 20.4 Å². The molecule has 0 saturated heterocycles. The van der Waals surface area contributed by atoms with Crippen molar-refractivity contribution in [2.75, 3.05) is 18.9 Å². The van der Waals surface area contributed by atoms with Crippen LogP contribution in [0.3, 0.4) is 0 Å². The highest BCUT2D eigenvalue weighted by molar-refractivity contribution is 9.10. The number of nitrogens with zero attached hydrogens (tertiary/aromatic N) is 1. The fourth-order valence-corrected chi connectivity index (χ4v) is 2.81. The van der Waals surface area contributed by atoms with Crippen LogP contribution in [0.5, 0.6) is 0 Å². The van der Waals surface area contributed by atoms with E-state index in [2.05, 4.69) is 52.4 Å². The molecule has 116 valence electrons. The molecule has 1 amide bonds. The number of carbonyl (C=O) groups excluding carboxylic acids is 1. The lowest BCUT2D eigenvalue weighted by Crippen LogP contribution is -2.29. The first-order chi connectivity index (χ1) is 10.4. The number of rotatable bonds is 5. The summed E-state index contributed by atoms with van der Waals surface area (Å²) in [4.78, 5) is 14.1. The zero-order valence-electron chi connectivity index (χ0n) is 13.2. The molecule has 0 bridgehead atoms. The molecule has 2 rings (SSSR count). The maximum absolute atomic E-state index is 12.1. The van der Waals surface area contributed by atoms with E-state index in [4.69, 9.17) is 0 Å². The Morgan fingerprint density at radius 1 is 1.09 bits per heavy atom. The molecule has 2 aromatic carbocycles. The van der Waals surface area contributed by atoms with E-state index in [-0.39, 0.29) is 5.91 Å². The predicted octanol–water partition coefficient (Wildman–Crippen LogP) is 4.14. The second-order valence-electron chi connectivity index (χ2n) is 5.69. The van der Waals surface area contributed by atoms with Crippen LogP contribution >= 0.6 is 15.9 Å². The normalized spacial score (nSPS) is 10.8. The zero-order chi connectivity index (χ0) is 16.1. The lowest BCUT2D eigenvalue weighted by Gasteiger charge is -2.17. The molecule has 0 heterocycles. The lowest BCUT2D eigenvalue weighted by molar-refractivity contribution is -0.117. The summed E-state index contributed by atoms with van der Waals surface area (Å²) >= 11 is 3.47. The average Bonchev–Trinajstić information content (AvgIpc) is 2.44. The first kappa shape index (κ1) is 16.7. The van der Waals surface area contributed by atoms with Gasteiger partial charge >= 0.3 is 0 Å². The number of nitrogens with one attached hydrogen (secondary N) is 1. The molecular formula is C18H21BrN2O. The number of hydrogen-bond acceptors (Lipinski definition) is 2. The van der Waals surface area contributed by atoms with Gasteiger partial charge in [-0.2, -0.15) is 0 Å². The van der Waals surface area contributed by atoms with E-state index in [1.807, 2.05) is 37.1 Å². The monoisotopic (exact) mass is 360 g/mol. The second kappa shape index (κ2) is 7.56. The van der Waals surface area contributed by atoms with Crippen molar-refractivity contribution in [1.82, 2.24) is 4.90 Å². The molecule has 0 saturated carbocycles. The summed E-state index contributed by atoms with van der Waals surface area (Å²) in [5.74, 6) is -0.0147. The van der Waals surface area contributed by atoms with E-state index in [1.165, 1.54) is 11.1 Å². The summed E-state index contributed by atoms with van der Waals surface area (Å²) in [6.07, 6.45) is 0. The molecule has 0 atom stereocenters. The van der Waals surface area contributed by atoms with Crippen LogP contribution in [-0.2, 0) is 11.3 Å². The van der Waals surface area contributed by atoms with Crippen LogP contribution in [0.15, 0.2) is 46.9 Å². The Labute approximate surface area is 140 Å². The molecule has 1 N–H and O–H groups in total. The summed E-state index contributed by atoms with van der Waals surface area (Å²) in [5, 5.41) is 2.94. The van der Waals surface area contributed by atoms with E-state index in [0.29, 0.717) is 6.54 Å². The molecule has 0 fully saturated rings. The average molecular weight is 361 g/mol. The third-order valence-corrected chi connectivity index (χ3v) is 4.04. The summed E-state index contributed by atoms with van der Waals surface area (Å²) in [7, 11) is 1.95. The van der Waals surface area contributed by atoms with Gasteiger partial charge in [-0.15, -0.1) is 0 Å². The van der Waals surface area contributed by atoms with Gasteiger partial charge in [-0.05, 0) is 60.1 Å². The molecule has 4 heteroatoms. The number of anilines is 1. The SMILES string of the molecule is Cc1ccc(CN(C)CC(=O)Nc2ccc(C)cc2Br)cc1. The maximum atomic E-state index is 12.1. The van der Waals surface area contributed by atoms with Gasteiger partial charge in [0.1, 0.15) is 0 Å². The Bertz CT molecular complexity index is 653. The Morgan fingerprint density at radius 2 is 1.73 bits per heavy atom. The van der Waals surface area contributed by atoms with Crippen molar-refractivity contribution in [2.24, 2.45) is 0 Å². The Morgan fingerprint density at radius 3 is 2.36 bits per heavy atom. The molecule has 0 aliphatic heterocycles. The van der Waals surface area contributed by atoms with Crippen LogP contribution in [0.2, 0.25) is 0 Å². The van der Waals surface area contributed by atoms with Crippen LogP contribution < -0.4 is 5.32 Å². The Hall–Kier alpha value is -1.65. The van der Waals surface area contributed by atoms with Crippen molar-refractivity contribution in [3.8, 4) is 0 Å². The van der Waals surface area contributed by atoms with Crippen LogP contribution in [0.25, 0.3) is 0 Å². The lowest BCUT2D eigenvalue weighted by atomic mass is 10.1. The standard InChI is InChI=1S/C18H21BrN2O/c1-13-4-7-15(8-5-13)11-21(3)12-18(22)20-17-9-6-14(2)10-16(17)19/h4-10H,11-12H2,1-3H3,(H,20,22). The maximum Gasteiger partial charge on any atom is 0.238 e. The third kappa shape index (κ3) is 4.97. The smallest absolute Gasteiger partial charge is 0.238 e. The number of amides is 1. The molecule has 0 aromatic heterocycles. The number of carbonyl (C=O) groups is 1. The number of hydrogen-bond donors (Lipinski definition) is 1. The molecule has 3 nitrogen and oxygen atoms in total. The van der Waals surface area contributed by atoms with Gasteiger partial charge in [0.15, 0.2) is 0 Å². The second-order valence-corrected chi connectivity index (χ2v) is 6.54. The zero-order valence-corrected chi connectivity index (χ0v) is 14.8. The molecular weight excluding hydrogens is 340 g/mol. The van der Waals surface area contributed by atoms with Gasteiger partial charge in [-0.25, -0.2) is 0 Å². The predicted molar refractivity (Wildman–Crippen MR) is 95.0 cm³/mol. The minimum absolute atomic E-state index is 0.0147. The van der Waals surface area contributed by atoms with E-state index in [0.717, 1.165) is 22.3 Å². The van der Waals surface area contributed by atoms with E-state index < -0.39 is 0 Å². The first-order valence-electron chi connectivity index (χ1n) is 7.24. The van der Waals surface area contributed by atoms with E-state index >= 15 is 0 Å². The summed E-state index contributed by atoms with van der Waals surface area (Å²) in [5.41, 5.74) is 4.41. The highest BCUT2D eigenvalue weighted by Gasteiger charge is 2.09. The molecule has 0 aliphatic rings. The summed E-state index contributed by atoms with van der Waals surface area (Å²) in [6.45, 7) is 5.20. The van der Waals surface area contributed by atoms with Crippen LogP contribution in [0.1, 0.15) is 16.7 Å². The topological polar surface area (TPSA) is 32.3 Å². The van der Waals surface area contributed by atoms with Crippen LogP contribution in [-0.4, -0.2) is 24.4 Å². The summed E-state index contributed by atoms with van der Waals surface area (Å²) in [6, 6.07) is 14.3. The van der Waals surface area contributed by atoms with Crippen molar-refractivity contribution >= 4 is 27.5 Å². The highest BCUT2D eigenvalue weighted by atomic mass is 79.9. The van der Waals surface area contributed by atoms with Gasteiger partial charge in [0, 0.05) is 11.0 Å². The van der Waals surface area contributed by atoms with Gasteiger partial charge < -0.3 is 5.32 Å². The highest BCUT2D eigenvalue weighted by Crippen LogP contribution is 2.23. The Balaban J connectivity index is 1.89. The first-order valence-corrected chi connectivity index (χ1v) is 8.03. The number of halogens is 1. The van der Waals surface area contributed by atoms with Gasteiger partial charge in [0.2, 0.25) is 5.91 Å². The van der Waals surface area contributed by atoms with Gasteiger partial charge in [-0.3, -0.25) is 9.69 Å². The fourth-order valence-electron chi connectivity index (χ4n) is 2.22. The minimum Gasteiger partial charge on any atom is -0.324 e. The number of aryl methyl sites for hydroxylation is 2. The molecule has 0 aliphatic carbocycles. The molecule has 2 aromatic rings. The number of likely N-dealkylation sites (N-methyl/N-ethyl adjacent to an activating group) is 1. The minimum atomic E-state index is -0.0147. The van der Waals surface area contributed by atoms with Gasteiger partial charge in [-0.1, -0.05) is 35.9 Å². The Kier molecular flexibility index (Phi) is 5.75. The van der Waals surface area contributed by atoms with Crippen molar-refractivity contribution in [3.63, 3.8) is 0 Å². The largest absolute Gasteiger partial charge is 0.324 e.